The van der Waals surface area contributed by atoms with E-state index in [1.54, 1.807) is 0 Å². The van der Waals surface area contributed by atoms with Gasteiger partial charge in [-0.2, -0.15) is 0 Å². The summed E-state index contributed by atoms with van der Waals surface area (Å²) in [4.78, 5) is 2.44. The third kappa shape index (κ3) is 4.49. The maximum Gasteiger partial charge on any atom is 0.0236 e. The summed E-state index contributed by atoms with van der Waals surface area (Å²) in [6, 6.07) is 9.35. The Morgan fingerprint density at radius 2 is 1.88 bits per heavy atom. The Labute approximate surface area is 106 Å². The highest BCUT2D eigenvalue weighted by molar-refractivity contribution is 5.26. The monoisotopic (exact) mass is 234 g/mol. The van der Waals surface area contributed by atoms with Crippen molar-refractivity contribution in [3.8, 4) is 0 Å². The average molecular weight is 234 g/mol. The summed E-state index contributed by atoms with van der Waals surface area (Å²) in [5.74, 6) is 0. The van der Waals surface area contributed by atoms with E-state index in [2.05, 4.69) is 55.4 Å². The van der Waals surface area contributed by atoms with E-state index in [4.69, 9.17) is 0 Å². The third-order valence-electron chi connectivity index (χ3n) is 3.36. The summed E-state index contributed by atoms with van der Waals surface area (Å²) in [6.07, 6.45) is 2.52. The van der Waals surface area contributed by atoms with E-state index in [1.165, 1.54) is 24.0 Å². The molecule has 1 aromatic rings. The first kappa shape index (κ1) is 14.2. The van der Waals surface area contributed by atoms with Gasteiger partial charge in [-0.15, -0.1) is 0 Å². The van der Waals surface area contributed by atoms with Crippen molar-refractivity contribution in [2.45, 2.75) is 45.8 Å². The Bertz CT molecular complexity index is 322. The van der Waals surface area contributed by atoms with Crippen LogP contribution in [0.2, 0.25) is 0 Å². The van der Waals surface area contributed by atoms with Crippen LogP contribution < -0.4 is 5.32 Å². The molecule has 2 nitrogen and oxygen atoms in total. The van der Waals surface area contributed by atoms with E-state index >= 15 is 0 Å². The Balaban J connectivity index is 2.66. The van der Waals surface area contributed by atoms with Crippen LogP contribution in [0, 0.1) is 0 Å². The topological polar surface area (TPSA) is 15.3 Å². The molecule has 0 heterocycles. The van der Waals surface area contributed by atoms with Crippen molar-refractivity contribution in [2.75, 3.05) is 14.1 Å². The standard InChI is InChI=1S/C15H26N2/c1-5-8-13(2)17(4)12-15-10-7-6-9-14(15)11-16-3/h6-7,9-10,13,16H,5,8,11-12H2,1-4H3. The van der Waals surface area contributed by atoms with Gasteiger partial charge in [0.25, 0.3) is 0 Å². The molecule has 0 saturated heterocycles. The molecule has 1 unspecified atom stereocenters. The molecule has 0 radical (unpaired) electrons. The minimum Gasteiger partial charge on any atom is -0.316 e. The number of benzene rings is 1. The Morgan fingerprint density at radius 3 is 2.47 bits per heavy atom. The molecule has 0 aliphatic carbocycles. The predicted molar refractivity (Wildman–Crippen MR) is 75.0 cm³/mol. The molecule has 1 N–H and O–H groups in total. The van der Waals surface area contributed by atoms with Crippen molar-refractivity contribution in [3.63, 3.8) is 0 Å². The zero-order chi connectivity index (χ0) is 12.7. The number of rotatable bonds is 7. The van der Waals surface area contributed by atoms with Crippen molar-refractivity contribution < 1.29 is 0 Å². The second-order valence-corrected chi connectivity index (χ2v) is 4.85. The van der Waals surface area contributed by atoms with Gasteiger partial charge < -0.3 is 5.32 Å². The fraction of sp³-hybridized carbons (Fsp3) is 0.600. The second kappa shape index (κ2) is 7.46. The smallest absolute Gasteiger partial charge is 0.0236 e. The van der Waals surface area contributed by atoms with Gasteiger partial charge in [0, 0.05) is 19.1 Å². The summed E-state index contributed by atoms with van der Waals surface area (Å²) in [6.45, 7) is 6.55. The molecule has 1 aromatic carbocycles. The van der Waals surface area contributed by atoms with Crippen LogP contribution in [-0.4, -0.2) is 25.0 Å². The minimum atomic E-state index is 0.655. The fourth-order valence-corrected chi connectivity index (χ4v) is 2.14. The lowest BCUT2D eigenvalue weighted by Gasteiger charge is -2.25. The van der Waals surface area contributed by atoms with Crippen molar-refractivity contribution in [2.24, 2.45) is 0 Å². The Morgan fingerprint density at radius 1 is 1.24 bits per heavy atom. The molecule has 17 heavy (non-hydrogen) atoms. The first-order valence-electron chi connectivity index (χ1n) is 6.60. The van der Waals surface area contributed by atoms with Crippen LogP contribution in [-0.2, 0) is 13.1 Å². The molecule has 0 saturated carbocycles. The van der Waals surface area contributed by atoms with Crippen LogP contribution in [0.5, 0.6) is 0 Å². The summed E-state index contributed by atoms with van der Waals surface area (Å²) in [7, 11) is 4.22. The minimum absolute atomic E-state index is 0.655. The average Bonchev–Trinajstić information content (AvgIpc) is 2.32. The molecule has 0 fully saturated rings. The molecule has 2 heteroatoms. The molecule has 96 valence electrons. The van der Waals surface area contributed by atoms with E-state index in [9.17, 15) is 0 Å². The lowest BCUT2D eigenvalue weighted by Crippen LogP contribution is -2.29. The maximum atomic E-state index is 3.23. The van der Waals surface area contributed by atoms with Gasteiger partial charge >= 0.3 is 0 Å². The fourth-order valence-electron chi connectivity index (χ4n) is 2.14. The van der Waals surface area contributed by atoms with E-state index in [1.807, 2.05) is 7.05 Å². The Hall–Kier alpha value is -0.860. The van der Waals surface area contributed by atoms with Crippen LogP contribution >= 0.6 is 0 Å². The second-order valence-electron chi connectivity index (χ2n) is 4.85. The first-order chi connectivity index (χ1) is 8.19. The highest BCUT2D eigenvalue weighted by Crippen LogP contribution is 2.14. The van der Waals surface area contributed by atoms with Crippen LogP contribution in [0.25, 0.3) is 0 Å². The number of hydrogen-bond donors (Lipinski definition) is 1. The molecule has 0 amide bonds. The van der Waals surface area contributed by atoms with Gasteiger partial charge in [-0.3, -0.25) is 4.90 Å². The molecule has 0 aliphatic rings. The van der Waals surface area contributed by atoms with E-state index in [0.29, 0.717) is 6.04 Å². The normalized spacial score (nSPS) is 13.0. The van der Waals surface area contributed by atoms with Crippen LogP contribution in [0.3, 0.4) is 0 Å². The van der Waals surface area contributed by atoms with Crippen LogP contribution in [0.1, 0.15) is 37.8 Å². The summed E-state index contributed by atoms with van der Waals surface area (Å²) >= 11 is 0. The van der Waals surface area contributed by atoms with E-state index < -0.39 is 0 Å². The molecular weight excluding hydrogens is 208 g/mol. The van der Waals surface area contributed by atoms with Crippen molar-refractivity contribution >= 4 is 0 Å². The summed E-state index contributed by atoms with van der Waals surface area (Å²) in [5.41, 5.74) is 2.85. The number of hydrogen-bond acceptors (Lipinski definition) is 2. The molecule has 0 aliphatic heterocycles. The molecule has 0 aromatic heterocycles. The Kier molecular flexibility index (Phi) is 6.23. The van der Waals surface area contributed by atoms with Gasteiger partial charge in [-0.05, 0) is 38.6 Å². The lowest BCUT2D eigenvalue weighted by molar-refractivity contribution is 0.236. The van der Waals surface area contributed by atoms with Crippen molar-refractivity contribution in [1.82, 2.24) is 10.2 Å². The molecule has 0 spiro atoms. The number of nitrogens with zero attached hydrogens (tertiary/aromatic N) is 1. The molecule has 0 bridgehead atoms. The van der Waals surface area contributed by atoms with E-state index in [-0.39, 0.29) is 0 Å². The highest BCUT2D eigenvalue weighted by atomic mass is 15.1. The first-order valence-corrected chi connectivity index (χ1v) is 6.60. The van der Waals surface area contributed by atoms with Gasteiger partial charge in [0.2, 0.25) is 0 Å². The van der Waals surface area contributed by atoms with Crippen LogP contribution in [0.4, 0.5) is 0 Å². The third-order valence-corrected chi connectivity index (χ3v) is 3.36. The SMILES string of the molecule is CCCC(C)N(C)Cc1ccccc1CNC. The summed E-state index contributed by atoms with van der Waals surface area (Å²) in [5, 5.41) is 3.23. The zero-order valence-corrected chi connectivity index (χ0v) is 11.7. The van der Waals surface area contributed by atoms with Crippen molar-refractivity contribution in [1.29, 1.82) is 0 Å². The molecular formula is C15H26N2. The van der Waals surface area contributed by atoms with Gasteiger partial charge in [-0.1, -0.05) is 37.6 Å². The lowest BCUT2D eigenvalue weighted by atomic mass is 10.1. The maximum absolute atomic E-state index is 3.23. The van der Waals surface area contributed by atoms with E-state index in [0.717, 1.165) is 13.1 Å². The van der Waals surface area contributed by atoms with Gasteiger partial charge in [0.05, 0.1) is 0 Å². The van der Waals surface area contributed by atoms with Gasteiger partial charge in [0.1, 0.15) is 0 Å². The van der Waals surface area contributed by atoms with Gasteiger partial charge in [0.15, 0.2) is 0 Å². The largest absolute Gasteiger partial charge is 0.316 e. The molecule has 1 atom stereocenters. The number of nitrogens with one attached hydrogen (secondary N) is 1. The zero-order valence-electron chi connectivity index (χ0n) is 11.7. The van der Waals surface area contributed by atoms with Gasteiger partial charge in [-0.25, -0.2) is 0 Å². The summed E-state index contributed by atoms with van der Waals surface area (Å²) < 4.78 is 0. The quantitative estimate of drug-likeness (QED) is 0.780. The molecule has 1 rings (SSSR count). The van der Waals surface area contributed by atoms with Crippen LogP contribution in [0.15, 0.2) is 24.3 Å². The van der Waals surface area contributed by atoms with Crippen molar-refractivity contribution in [3.05, 3.63) is 35.4 Å². The highest BCUT2D eigenvalue weighted by Gasteiger charge is 2.10. The predicted octanol–water partition coefficient (Wildman–Crippen LogP) is 3.03.